The molecule has 2 aliphatic rings. The third-order valence-corrected chi connectivity index (χ3v) is 5.14. The van der Waals surface area contributed by atoms with Crippen molar-refractivity contribution in [2.75, 3.05) is 18.4 Å². The average Bonchev–Trinajstić information content (AvgIpc) is 3.48. The SMILES string of the molecule is CC(C(=O)O)N(C(=O)C1CCCN(C(=O)Nc2ccccc2F)C1)C1CC1. The maximum Gasteiger partial charge on any atom is 0.326 e. The fourth-order valence-corrected chi connectivity index (χ4v) is 3.49. The van der Waals surface area contributed by atoms with Crippen LogP contribution in [0.3, 0.4) is 0 Å². The van der Waals surface area contributed by atoms with Crippen molar-refractivity contribution in [3.05, 3.63) is 30.1 Å². The number of benzene rings is 1. The van der Waals surface area contributed by atoms with Crippen molar-refractivity contribution < 1.29 is 23.9 Å². The number of hydrogen-bond donors (Lipinski definition) is 2. The standard InChI is InChI=1S/C19H24FN3O4/c1-12(18(25)26)23(14-8-9-14)17(24)13-5-4-10-22(11-13)19(27)21-16-7-3-2-6-15(16)20/h2-3,6-7,12-14H,4-5,8-11H2,1H3,(H,21,27)(H,25,26). The number of nitrogens with one attached hydrogen (secondary N) is 1. The molecule has 1 heterocycles. The molecule has 27 heavy (non-hydrogen) atoms. The summed E-state index contributed by atoms with van der Waals surface area (Å²) in [6.07, 6.45) is 2.88. The van der Waals surface area contributed by atoms with E-state index in [2.05, 4.69) is 5.32 Å². The number of carbonyl (C=O) groups excluding carboxylic acids is 2. The first-order valence-corrected chi connectivity index (χ1v) is 9.24. The van der Waals surface area contributed by atoms with Gasteiger partial charge in [-0.3, -0.25) is 4.79 Å². The maximum absolute atomic E-state index is 13.7. The summed E-state index contributed by atoms with van der Waals surface area (Å²) in [5.41, 5.74) is 0.0926. The second kappa shape index (κ2) is 7.94. The smallest absolute Gasteiger partial charge is 0.326 e. The van der Waals surface area contributed by atoms with Crippen molar-refractivity contribution in [2.45, 2.75) is 44.7 Å². The average molecular weight is 377 g/mol. The van der Waals surface area contributed by atoms with Gasteiger partial charge in [0.1, 0.15) is 11.9 Å². The van der Waals surface area contributed by atoms with Gasteiger partial charge >= 0.3 is 12.0 Å². The van der Waals surface area contributed by atoms with Crippen LogP contribution in [0.25, 0.3) is 0 Å². The monoisotopic (exact) mass is 377 g/mol. The van der Waals surface area contributed by atoms with Crippen LogP contribution in [-0.4, -0.2) is 58.0 Å². The zero-order valence-electron chi connectivity index (χ0n) is 15.2. The van der Waals surface area contributed by atoms with Gasteiger partial charge in [0.25, 0.3) is 0 Å². The molecule has 0 aromatic heterocycles. The first kappa shape index (κ1) is 19.1. The van der Waals surface area contributed by atoms with Gasteiger partial charge in [-0.25, -0.2) is 14.0 Å². The Labute approximate surface area is 157 Å². The number of carboxylic acids is 1. The van der Waals surface area contributed by atoms with Gasteiger partial charge in [-0.2, -0.15) is 0 Å². The molecule has 1 aromatic rings. The molecule has 146 valence electrons. The lowest BCUT2D eigenvalue weighted by atomic mass is 9.96. The minimum Gasteiger partial charge on any atom is -0.480 e. The van der Waals surface area contributed by atoms with E-state index in [-0.39, 0.29) is 24.2 Å². The van der Waals surface area contributed by atoms with Gasteiger partial charge in [0.15, 0.2) is 0 Å². The molecule has 1 saturated heterocycles. The Hall–Kier alpha value is -2.64. The maximum atomic E-state index is 13.7. The summed E-state index contributed by atoms with van der Waals surface area (Å²) in [5, 5.41) is 11.8. The zero-order chi connectivity index (χ0) is 19.6. The summed E-state index contributed by atoms with van der Waals surface area (Å²) in [5.74, 6) is -2.20. The molecule has 1 saturated carbocycles. The zero-order valence-corrected chi connectivity index (χ0v) is 15.2. The number of anilines is 1. The van der Waals surface area contributed by atoms with Gasteiger partial charge in [0.2, 0.25) is 5.91 Å². The van der Waals surface area contributed by atoms with Crippen LogP contribution >= 0.6 is 0 Å². The quantitative estimate of drug-likeness (QED) is 0.825. The van der Waals surface area contributed by atoms with E-state index >= 15 is 0 Å². The minimum atomic E-state index is -1.03. The Balaban J connectivity index is 1.66. The second-order valence-corrected chi connectivity index (χ2v) is 7.19. The summed E-state index contributed by atoms with van der Waals surface area (Å²) >= 11 is 0. The highest BCUT2D eigenvalue weighted by Gasteiger charge is 2.42. The van der Waals surface area contributed by atoms with Crippen LogP contribution in [0.4, 0.5) is 14.9 Å². The summed E-state index contributed by atoms with van der Waals surface area (Å²) < 4.78 is 13.7. The summed E-state index contributed by atoms with van der Waals surface area (Å²) in [6, 6.07) is 4.54. The van der Waals surface area contributed by atoms with Crippen LogP contribution in [0, 0.1) is 11.7 Å². The van der Waals surface area contributed by atoms with E-state index in [4.69, 9.17) is 0 Å². The number of piperidine rings is 1. The fraction of sp³-hybridized carbons (Fsp3) is 0.526. The molecule has 1 aromatic carbocycles. The van der Waals surface area contributed by atoms with Crippen molar-refractivity contribution in [1.29, 1.82) is 0 Å². The van der Waals surface area contributed by atoms with Gasteiger partial charge in [0, 0.05) is 19.1 Å². The van der Waals surface area contributed by atoms with Crippen molar-refractivity contribution in [3.63, 3.8) is 0 Å². The molecule has 2 unspecified atom stereocenters. The third-order valence-electron chi connectivity index (χ3n) is 5.14. The molecule has 1 aliphatic heterocycles. The van der Waals surface area contributed by atoms with Crippen LogP contribution in [0.15, 0.2) is 24.3 Å². The summed E-state index contributed by atoms with van der Waals surface area (Å²) in [6.45, 7) is 2.20. The van der Waals surface area contributed by atoms with E-state index in [9.17, 15) is 23.9 Å². The van der Waals surface area contributed by atoms with Crippen molar-refractivity contribution in [2.24, 2.45) is 5.92 Å². The van der Waals surface area contributed by atoms with E-state index in [1.165, 1.54) is 34.9 Å². The first-order chi connectivity index (χ1) is 12.9. The molecule has 7 nitrogen and oxygen atoms in total. The molecule has 0 spiro atoms. The van der Waals surface area contributed by atoms with Crippen LogP contribution in [-0.2, 0) is 9.59 Å². The molecule has 3 rings (SSSR count). The van der Waals surface area contributed by atoms with Crippen LogP contribution in [0.5, 0.6) is 0 Å². The molecule has 0 bridgehead atoms. The molecule has 3 amide bonds. The van der Waals surface area contributed by atoms with E-state index in [0.717, 1.165) is 12.8 Å². The molecular weight excluding hydrogens is 353 g/mol. The van der Waals surface area contributed by atoms with Crippen LogP contribution in [0.2, 0.25) is 0 Å². The normalized spacial score (nSPS) is 20.7. The Morgan fingerprint density at radius 1 is 1.26 bits per heavy atom. The lowest BCUT2D eigenvalue weighted by Crippen LogP contribution is -2.52. The topological polar surface area (TPSA) is 90.0 Å². The van der Waals surface area contributed by atoms with E-state index in [1.54, 1.807) is 6.07 Å². The number of rotatable bonds is 5. The van der Waals surface area contributed by atoms with E-state index < -0.39 is 29.8 Å². The predicted octanol–water partition coefficient (Wildman–Crippen LogP) is 2.53. The van der Waals surface area contributed by atoms with Crippen molar-refractivity contribution in [3.8, 4) is 0 Å². The largest absolute Gasteiger partial charge is 0.480 e. The summed E-state index contributed by atoms with van der Waals surface area (Å²) in [4.78, 5) is 39.7. The summed E-state index contributed by atoms with van der Waals surface area (Å²) in [7, 11) is 0. The van der Waals surface area contributed by atoms with Gasteiger partial charge in [-0.1, -0.05) is 12.1 Å². The number of likely N-dealkylation sites (tertiary alicyclic amines) is 1. The van der Waals surface area contributed by atoms with Gasteiger partial charge in [0.05, 0.1) is 11.6 Å². The highest BCUT2D eigenvalue weighted by atomic mass is 19.1. The van der Waals surface area contributed by atoms with E-state index in [0.29, 0.717) is 19.4 Å². The van der Waals surface area contributed by atoms with E-state index in [1.807, 2.05) is 0 Å². The molecule has 2 fully saturated rings. The van der Waals surface area contributed by atoms with Gasteiger partial charge in [-0.05, 0) is 44.7 Å². The molecule has 2 N–H and O–H groups in total. The number of carboxylic acid groups (broad SMARTS) is 1. The number of nitrogens with zero attached hydrogens (tertiary/aromatic N) is 2. The van der Waals surface area contributed by atoms with Crippen molar-refractivity contribution >= 4 is 23.6 Å². The van der Waals surface area contributed by atoms with Crippen LogP contribution < -0.4 is 5.32 Å². The number of amides is 3. The number of urea groups is 1. The highest BCUT2D eigenvalue weighted by molar-refractivity contribution is 5.90. The van der Waals surface area contributed by atoms with Crippen molar-refractivity contribution in [1.82, 2.24) is 9.80 Å². The Morgan fingerprint density at radius 2 is 1.96 bits per heavy atom. The Morgan fingerprint density at radius 3 is 2.59 bits per heavy atom. The highest BCUT2D eigenvalue weighted by Crippen LogP contribution is 2.32. The molecular formula is C19H24FN3O4. The first-order valence-electron chi connectivity index (χ1n) is 9.24. The Kier molecular flexibility index (Phi) is 5.62. The molecule has 0 radical (unpaired) electrons. The lowest BCUT2D eigenvalue weighted by Gasteiger charge is -2.36. The fourth-order valence-electron chi connectivity index (χ4n) is 3.49. The second-order valence-electron chi connectivity index (χ2n) is 7.19. The predicted molar refractivity (Wildman–Crippen MR) is 96.7 cm³/mol. The van der Waals surface area contributed by atoms with Gasteiger partial charge < -0.3 is 20.2 Å². The van der Waals surface area contributed by atoms with Crippen LogP contribution in [0.1, 0.15) is 32.6 Å². The molecule has 2 atom stereocenters. The number of hydrogen-bond acceptors (Lipinski definition) is 3. The lowest BCUT2D eigenvalue weighted by molar-refractivity contribution is -0.152. The number of carbonyl (C=O) groups is 3. The number of aliphatic carboxylic acids is 1. The molecule has 1 aliphatic carbocycles. The third kappa shape index (κ3) is 4.37. The minimum absolute atomic E-state index is 0.0220. The van der Waals surface area contributed by atoms with Gasteiger partial charge in [-0.15, -0.1) is 0 Å². The Bertz CT molecular complexity index is 737. The number of halogens is 1. The number of para-hydroxylation sites is 1. The molecule has 8 heteroatoms.